The van der Waals surface area contributed by atoms with Crippen LogP contribution in [0.3, 0.4) is 0 Å². The maximum atomic E-state index is 13.3. The van der Waals surface area contributed by atoms with Crippen LogP contribution in [0.2, 0.25) is 0 Å². The van der Waals surface area contributed by atoms with Crippen molar-refractivity contribution in [2.45, 2.75) is 80.4 Å². The van der Waals surface area contributed by atoms with Gasteiger partial charge in [0.15, 0.2) is 5.65 Å². The molecule has 2 aliphatic carbocycles. The first kappa shape index (κ1) is 32.5. The molecule has 2 aromatic heterocycles. The molecule has 8 rings (SSSR count). The molecule has 0 spiro atoms. The fraction of sp³-hybridized carbons (Fsp3) is 0.350. The van der Waals surface area contributed by atoms with Crippen LogP contribution >= 0.6 is 0 Å². The zero-order chi connectivity index (χ0) is 34.2. The highest BCUT2D eigenvalue weighted by molar-refractivity contribution is 7.90. The Morgan fingerprint density at radius 3 is 2.34 bits per heavy atom. The van der Waals surface area contributed by atoms with Gasteiger partial charge in [-0.3, -0.25) is 4.90 Å². The molecule has 9 nitrogen and oxygen atoms in total. The number of carbonyl (C=O) groups excluding carboxylic acids is 1. The summed E-state index contributed by atoms with van der Waals surface area (Å²) in [7, 11) is -2.50. The number of ether oxygens (including phenoxy) is 3. The van der Waals surface area contributed by atoms with Gasteiger partial charge in [-0.25, -0.2) is 22.2 Å². The Hall–Kier alpha value is -4.67. The minimum absolute atomic E-state index is 0.0622. The van der Waals surface area contributed by atoms with Crippen LogP contribution in [-0.4, -0.2) is 54.0 Å². The second kappa shape index (κ2) is 13.6. The van der Waals surface area contributed by atoms with E-state index in [1.165, 1.54) is 45.2 Å². The van der Waals surface area contributed by atoms with Crippen LogP contribution in [0.1, 0.15) is 84.8 Å². The highest BCUT2D eigenvalue weighted by Crippen LogP contribution is 2.47. The van der Waals surface area contributed by atoms with E-state index in [1.807, 2.05) is 0 Å². The van der Waals surface area contributed by atoms with E-state index in [9.17, 15) is 13.2 Å². The van der Waals surface area contributed by atoms with Crippen LogP contribution in [0.5, 0.6) is 17.2 Å². The van der Waals surface area contributed by atoms with Crippen LogP contribution in [0.4, 0.5) is 0 Å². The van der Waals surface area contributed by atoms with Crippen LogP contribution in [0.15, 0.2) is 102 Å². The fourth-order valence-electron chi connectivity index (χ4n) is 7.83. The lowest BCUT2D eigenvalue weighted by atomic mass is 9.89. The number of carbonyl (C=O) groups is 1. The summed E-state index contributed by atoms with van der Waals surface area (Å²) >= 11 is 0. The van der Waals surface area contributed by atoms with E-state index in [2.05, 4.69) is 34.1 Å². The van der Waals surface area contributed by atoms with Crippen molar-refractivity contribution in [3.8, 4) is 17.2 Å². The maximum Gasteiger partial charge on any atom is 0.341 e. The number of esters is 1. The Balaban J connectivity index is 0.963. The van der Waals surface area contributed by atoms with Crippen molar-refractivity contribution >= 4 is 27.0 Å². The largest absolute Gasteiger partial charge is 0.490 e. The van der Waals surface area contributed by atoms with Gasteiger partial charge in [0.2, 0.25) is 0 Å². The molecule has 3 aromatic carbocycles. The van der Waals surface area contributed by atoms with E-state index >= 15 is 0 Å². The van der Waals surface area contributed by atoms with Crippen LogP contribution in [0, 0.1) is 0 Å². The van der Waals surface area contributed by atoms with E-state index in [4.69, 9.17) is 14.2 Å². The third-order valence-corrected chi connectivity index (χ3v) is 12.1. The smallest absolute Gasteiger partial charge is 0.341 e. The van der Waals surface area contributed by atoms with Crippen molar-refractivity contribution in [2.24, 2.45) is 0 Å². The Morgan fingerprint density at radius 1 is 0.820 bits per heavy atom. The number of fused-ring (bicyclic) bond motifs is 1. The number of pyridine rings is 1. The van der Waals surface area contributed by atoms with Gasteiger partial charge in [0.25, 0.3) is 10.0 Å². The number of rotatable bonds is 10. The van der Waals surface area contributed by atoms with Crippen molar-refractivity contribution in [1.82, 2.24) is 13.9 Å². The van der Waals surface area contributed by atoms with Crippen molar-refractivity contribution in [3.63, 3.8) is 0 Å². The second-order valence-corrected chi connectivity index (χ2v) is 15.4. The van der Waals surface area contributed by atoms with Gasteiger partial charge >= 0.3 is 5.97 Å². The van der Waals surface area contributed by atoms with Gasteiger partial charge in [-0.1, -0.05) is 42.5 Å². The van der Waals surface area contributed by atoms with Crippen LogP contribution in [-0.2, 0) is 14.8 Å². The number of methoxy groups -OCH3 is 1. The van der Waals surface area contributed by atoms with Crippen molar-refractivity contribution in [2.75, 3.05) is 13.7 Å². The summed E-state index contributed by atoms with van der Waals surface area (Å²) in [5.41, 5.74) is 3.64. The average Bonchev–Trinajstić information content (AvgIpc) is 3.72. The molecule has 1 aliphatic heterocycles. The molecule has 2 saturated carbocycles. The summed E-state index contributed by atoms with van der Waals surface area (Å²) in [6.07, 6.45) is 12.2. The standard InChI is InChI=1S/C40H41N3O6S/c1-47-40(44)36-20-19-31(25-38(36)49-32-24-28-21-23-43(39(28)41-26-32)50(45,46)33-8-3-2-4-9-33)48-30-17-15-29(16-18-30)42-22-7-12-37(42)35-11-6-5-10-34(35)27-13-14-27/h2-6,8-11,19-21,23-27,29-30,37H,7,12-18,22H2,1H3. The van der Waals surface area contributed by atoms with Crippen LogP contribution < -0.4 is 9.47 Å². The molecule has 1 saturated heterocycles. The molecule has 50 heavy (non-hydrogen) atoms. The molecule has 3 heterocycles. The molecule has 258 valence electrons. The molecule has 1 atom stereocenters. The second-order valence-electron chi connectivity index (χ2n) is 13.6. The van der Waals surface area contributed by atoms with E-state index in [1.54, 1.807) is 71.8 Å². The van der Waals surface area contributed by atoms with Crippen molar-refractivity contribution in [1.29, 1.82) is 0 Å². The normalized spacial score (nSPS) is 21.3. The third-order valence-electron chi connectivity index (χ3n) is 10.4. The number of nitrogens with zero attached hydrogens (tertiary/aromatic N) is 3. The Morgan fingerprint density at radius 2 is 1.58 bits per heavy atom. The van der Waals surface area contributed by atoms with Gasteiger partial charge in [-0.05, 0) is 111 Å². The number of aromatic nitrogens is 2. The summed E-state index contributed by atoms with van der Waals surface area (Å²) in [6.45, 7) is 1.16. The molecule has 0 N–H and O–H groups in total. The van der Waals surface area contributed by atoms with Gasteiger partial charge in [-0.15, -0.1) is 0 Å². The molecule has 0 bridgehead atoms. The van der Waals surface area contributed by atoms with E-state index in [-0.39, 0.29) is 28.0 Å². The van der Waals surface area contributed by atoms with E-state index in [0.29, 0.717) is 29.0 Å². The number of hydrogen-bond acceptors (Lipinski definition) is 8. The molecule has 10 heteroatoms. The number of benzene rings is 3. The summed E-state index contributed by atoms with van der Waals surface area (Å²) in [6, 6.07) is 26.9. The zero-order valence-corrected chi connectivity index (χ0v) is 28.9. The lowest BCUT2D eigenvalue weighted by Gasteiger charge is -2.38. The minimum Gasteiger partial charge on any atom is -0.490 e. The SMILES string of the molecule is COC(=O)c1ccc(OC2CCC(N3CCCC3c3ccccc3C3CC3)CC2)cc1Oc1cnc2c(ccn2S(=O)(=O)c2ccccc2)c1. The first-order chi connectivity index (χ1) is 24.4. The highest BCUT2D eigenvalue weighted by atomic mass is 32.2. The van der Waals surface area contributed by atoms with E-state index < -0.39 is 16.0 Å². The molecule has 0 amide bonds. The maximum absolute atomic E-state index is 13.3. The summed E-state index contributed by atoms with van der Waals surface area (Å²) in [5, 5.41) is 0.571. The van der Waals surface area contributed by atoms with Gasteiger partial charge in [0, 0.05) is 29.7 Å². The molecular formula is C40H41N3O6S. The predicted molar refractivity (Wildman–Crippen MR) is 190 cm³/mol. The van der Waals surface area contributed by atoms with Crippen molar-refractivity contribution < 1.29 is 27.4 Å². The quantitative estimate of drug-likeness (QED) is 0.135. The van der Waals surface area contributed by atoms with Gasteiger partial charge in [0.05, 0.1) is 24.3 Å². The molecule has 3 fully saturated rings. The average molecular weight is 692 g/mol. The highest BCUT2D eigenvalue weighted by Gasteiger charge is 2.37. The van der Waals surface area contributed by atoms with Crippen LogP contribution in [0.25, 0.3) is 11.0 Å². The zero-order valence-electron chi connectivity index (χ0n) is 28.1. The Bertz CT molecular complexity index is 2120. The summed E-state index contributed by atoms with van der Waals surface area (Å²) in [4.78, 5) is 20.1. The number of likely N-dealkylation sites (tertiary alicyclic amines) is 1. The minimum atomic E-state index is -3.83. The molecule has 1 unspecified atom stereocenters. The Labute approximate surface area is 292 Å². The topological polar surface area (TPSA) is 100.0 Å². The molecule has 5 aromatic rings. The van der Waals surface area contributed by atoms with E-state index in [0.717, 1.165) is 42.1 Å². The van der Waals surface area contributed by atoms with Gasteiger partial charge in [-0.2, -0.15) is 0 Å². The fourth-order valence-corrected chi connectivity index (χ4v) is 9.16. The summed E-state index contributed by atoms with van der Waals surface area (Å²) in [5.74, 6) is 1.45. The third kappa shape index (κ3) is 6.38. The lowest BCUT2D eigenvalue weighted by Crippen LogP contribution is -2.40. The Kier molecular flexibility index (Phi) is 8.83. The van der Waals surface area contributed by atoms with Crippen molar-refractivity contribution in [3.05, 3.63) is 114 Å². The molecular weight excluding hydrogens is 651 g/mol. The van der Waals surface area contributed by atoms with Gasteiger partial charge < -0.3 is 14.2 Å². The predicted octanol–water partition coefficient (Wildman–Crippen LogP) is 8.26. The monoisotopic (exact) mass is 691 g/mol. The molecule has 3 aliphatic rings. The van der Waals surface area contributed by atoms with Gasteiger partial charge in [0.1, 0.15) is 22.8 Å². The molecule has 0 radical (unpaired) electrons. The first-order valence-corrected chi connectivity index (χ1v) is 19.0. The first-order valence-electron chi connectivity index (χ1n) is 17.6. The lowest BCUT2D eigenvalue weighted by molar-refractivity contribution is 0.0597. The summed E-state index contributed by atoms with van der Waals surface area (Å²) < 4.78 is 45.4. The number of hydrogen-bond donors (Lipinski definition) is 0.